The lowest BCUT2D eigenvalue weighted by Gasteiger charge is -2.27. The number of unbranched alkanes of at least 4 members (excludes halogenated alkanes) is 3. The molecule has 0 saturated heterocycles. The topological polar surface area (TPSA) is 64.3 Å². The van der Waals surface area contributed by atoms with E-state index in [-0.39, 0.29) is 5.91 Å². The molecule has 1 amide bonds. The van der Waals surface area contributed by atoms with Crippen LogP contribution in [0.3, 0.4) is 0 Å². The SMILES string of the molecule is CCCCCCC(C)OCCCC(C)(NCCC)C(N)=O. The molecular weight excluding hydrogens is 264 g/mol. The Bertz CT molecular complexity index is 272. The van der Waals surface area contributed by atoms with Gasteiger partial charge < -0.3 is 15.8 Å². The Hall–Kier alpha value is -0.610. The van der Waals surface area contributed by atoms with Gasteiger partial charge in [0.1, 0.15) is 0 Å². The maximum Gasteiger partial charge on any atom is 0.237 e. The van der Waals surface area contributed by atoms with Crippen LogP contribution in [-0.2, 0) is 9.53 Å². The molecule has 126 valence electrons. The normalized spacial score (nSPS) is 15.6. The highest BCUT2D eigenvalue weighted by molar-refractivity contribution is 5.84. The minimum absolute atomic E-state index is 0.274. The third-order valence-corrected chi connectivity index (χ3v) is 4.00. The first kappa shape index (κ1) is 20.4. The zero-order chi connectivity index (χ0) is 16.1. The maximum atomic E-state index is 11.6. The monoisotopic (exact) mass is 300 g/mol. The first-order chi connectivity index (χ1) is 9.96. The van der Waals surface area contributed by atoms with Crippen LogP contribution in [0, 0.1) is 0 Å². The molecule has 4 nitrogen and oxygen atoms in total. The summed E-state index contributed by atoms with van der Waals surface area (Å²) in [6, 6.07) is 0. The molecule has 0 aliphatic carbocycles. The number of carbonyl (C=O) groups is 1. The second-order valence-corrected chi connectivity index (χ2v) is 6.26. The standard InChI is InChI=1S/C17H36N2O2/c1-5-7-8-9-11-15(3)21-14-10-12-17(4,16(18)20)19-13-6-2/h15,19H,5-14H2,1-4H3,(H2,18,20). The highest BCUT2D eigenvalue weighted by Crippen LogP contribution is 2.14. The number of primary amides is 1. The minimum atomic E-state index is -0.607. The van der Waals surface area contributed by atoms with Gasteiger partial charge in [0.05, 0.1) is 11.6 Å². The number of amides is 1. The number of nitrogens with two attached hydrogens (primary N) is 1. The summed E-state index contributed by atoms with van der Waals surface area (Å²) in [5.74, 6) is -0.274. The molecule has 3 N–H and O–H groups in total. The number of nitrogens with one attached hydrogen (secondary N) is 1. The first-order valence-electron chi connectivity index (χ1n) is 8.62. The molecule has 0 aromatic carbocycles. The molecule has 0 radical (unpaired) electrons. The summed E-state index contributed by atoms with van der Waals surface area (Å²) >= 11 is 0. The van der Waals surface area contributed by atoms with Crippen LogP contribution in [0.2, 0.25) is 0 Å². The molecule has 0 aromatic rings. The van der Waals surface area contributed by atoms with E-state index in [0.717, 1.165) is 32.2 Å². The molecule has 0 aliphatic heterocycles. The van der Waals surface area contributed by atoms with Gasteiger partial charge in [0.2, 0.25) is 5.91 Å². The van der Waals surface area contributed by atoms with Crippen LogP contribution in [-0.4, -0.2) is 30.7 Å². The van der Waals surface area contributed by atoms with E-state index in [2.05, 4.69) is 26.1 Å². The lowest BCUT2D eigenvalue weighted by atomic mass is 9.95. The summed E-state index contributed by atoms with van der Waals surface area (Å²) in [7, 11) is 0. The largest absolute Gasteiger partial charge is 0.379 e. The fourth-order valence-corrected chi connectivity index (χ4v) is 2.35. The van der Waals surface area contributed by atoms with E-state index in [4.69, 9.17) is 10.5 Å². The van der Waals surface area contributed by atoms with Gasteiger partial charge in [-0.2, -0.15) is 0 Å². The Morgan fingerprint density at radius 1 is 1.19 bits per heavy atom. The van der Waals surface area contributed by atoms with Crippen molar-refractivity contribution < 1.29 is 9.53 Å². The van der Waals surface area contributed by atoms with Gasteiger partial charge in [-0.15, -0.1) is 0 Å². The Morgan fingerprint density at radius 2 is 1.90 bits per heavy atom. The number of carbonyl (C=O) groups excluding carboxylic acids is 1. The number of ether oxygens (including phenoxy) is 1. The summed E-state index contributed by atoms with van der Waals surface area (Å²) in [6.45, 7) is 9.84. The van der Waals surface area contributed by atoms with E-state index in [1.165, 1.54) is 25.7 Å². The predicted molar refractivity (Wildman–Crippen MR) is 89.3 cm³/mol. The maximum absolute atomic E-state index is 11.6. The average molecular weight is 300 g/mol. The molecule has 0 heterocycles. The number of rotatable bonds is 14. The van der Waals surface area contributed by atoms with Crippen molar-refractivity contribution in [1.82, 2.24) is 5.32 Å². The second kappa shape index (κ2) is 12.0. The summed E-state index contributed by atoms with van der Waals surface area (Å²) in [6.07, 6.45) is 9.13. The van der Waals surface area contributed by atoms with E-state index in [9.17, 15) is 4.79 Å². The average Bonchev–Trinajstić information content (AvgIpc) is 2.46. The van der Waals surface area contributed by atoms with Crippen LogP contribution in [0.15, 0.2) is 0 Å². The molecular formula is C17H36N2O2. The lowest BCUT2D eigenvalue weighted by molar-refractivity contribution is -0.124. The molecule has 0 aromatic heterocycles. The van der Waals surface area contributed by atoms with E-state index < -0.39 is 5.54 Å². The second-order valence-electron chi connectivity index (χ2n) is 6.26. The third-order valence-electron chi connectivity index (χ3n) is 4.00. The van der Waals surface area contributed by atoms with Crippen molar-refractivity contribution in [3.05, 3.63) is 0 Å². The highest BCUT2D eigenvalue weighted by Gasteiger charge is 2.29. The van der Waals surface area contributed by atoms with Gasteiger partial charge in [-0.1, -0.05) is 39.5 Å². The smallest absolute Gasteiger partial charge is 0.237 e. The predicted octanol–water partition coefficient (Wildman–Crippen LogP) is 3.39. The molecule has 0 bridgehead atoms. The first-order valence-corrected chi connectivity index (χ1v) is 8.62. The molecule has 0 spiro atoms. The van der Waals surface area contributed by atoms with Crippen molar-refractivity contribution in [3.8, 4) is 0 Å². The summed E-state index contributed by atoms with van der Waals surface area (Å²) in [5.41, 5.74) is 4.90. The van der Waals surface area contributed by atoms with Gasteiger partial charge in [0, 0.05) is 6.61 Å². The molecule has 0 rings (SSSR count). The number of hydrogen-bond acceptors (Lipinski definition) is 3. The van der Waals surface area contributed by atoms with E-state index >= 15 is 0 Å². The highest BCUT2D eigenvalue weighted by atomic mass is 16.5. The van der Waals surface area contributed by atoms with Gasteiger partial charge in [-0.05, 0) is 46.1 Å². The third kappa shape index (κ3) is 9.86. The van der Waals surface area contributed by atoms with Crippen molar-refractivity contribution in [2.24, 2.45) is 5.73 Å². The van der Waals surface area contributed by atoms with Crippen molar-refractivity contribution in [1.29, 1.82) is 0 Å². The zero-order valence-electron chi connectivity index (χ0n) is 14.5. The van der Waals surface area contributed by atoms with Gasteiger partial charge in [-0.3, -0.25) is 4.79 Å². The van der Waals surface area contributed by atoms with Gasteiger partial charge >= 0.3 is 0 Å². The Kier molecular flexibility index (Phi) is 11.6. The number of hydrogen-bond donors (Lipinski definition) is 2. The molecule has 0 aliphatic rings. The Morgan fingerprint density at radius 3 is 2.48 bits per heavy atom. The van der Waals surface area contributed by atoms with E-state index in [1.807, 2.05) is 6.92 Å². The van der Waals surface area contributed by atoms with Crippen molar-refractivity contribution in [2.75, 3.05) is 13.2 Å². The van der Waals surface area contributed by atoms with Crippen LogP contribution in [0.5, 0.6) is 0 Å². The molecule has 4 heteroatoms. The van der Waals surface area contributed by atoms with Crippen molar-refractivity contribution in [2.45, 2.75) is 90.7 Å². The van der Waals surface area contributed by atoms with Gasteiger partial charge in [0.15, 0.2) is 0 Å². The quantitative estimate of drug-likeness (QED) is 0.483. The van der Waals surface area contributed by atoms with E-state index in [1.54, 1.807) is 0 Å². The molecule has 2 unspecified atom stereocenters. The fourth-order valence-electron chi connectivity index (χ4n) is 2.35. The van der Waals surface area contributed by atoms with Gasteiger partial charge in [0.25, 0.3) is 0 Å². The van der Waals surface area contributed by atoms with Crippen molar-refractivity contribution in [3.63, 3.8) is 0 Å². The Labute approximate surface area is 131 Å². The fraction of sp³-hybridized carbons (Fsp3) is 0.941. The van der Waals surface area contributed by atoms with Crippen LogP contribution in [0.25, 0.3) is 0 Å². The molecule has 0 fully saturated rings. The van der Waals surface area contributed by atoms with Crippen LogP contribution >= 0.6 is 0 Å². The summed E-state index contributed by atoms with van der Waals surface area (Å²) in [5, 5.41) is 3.25. The summed E-state index contributed by atoms with van der Waals surface area (Å²) in [4.78, 5) is 11.6. The van der Waals surface area contributed by atoms with E-state index in [0.29, 0.717) is 12.7 Å². The van der Waals surface area contributed by atoms with Crippen LogP contribution in [0.4, 0.5) is 0 Å². The summed E-state index contributed by atoms with van der Waals surface area (Å²) < 4.78 is 5.82. The Balaban J connectivity index is 3.81. The van der Waals surface area contributed by atoms with Crippen molar-refractivity contribution >= 4 is 5.91 Å². The molecule has 21 heavy (non-hydrogen) atoms. The van der Waals surface area contributed by atoms with Crippen LogP contribution < -0.4 is 11.1 Å². The van der Waals surface area contributed by atoms with Gasteiger partial charge in [-0.25, -0.2) is 0 Å². The minimum Gasteiger partial charge on any atom is -0.379 e. The molecule has 2 atom stereocenters. The van der Waals surface area contributed by atoms with Crippen LogP contribution in [0.1, 0.15) is 79.1 Å². The zero-order valence-corrected chi connectivity index (χ0v) is 14.5. The lowest BCUT2D eigenvalue weighted by Crippen LogP contribution is -2.53. The molecule has 0 saturated carbocycles.